The monoisotopic (exact) mass is 263 g/mol. The van der Waals surface area contributed by atoms with E-state index in [-0.39, 0.29) is 6.61 Å². The van der Waals surface area contributed by atoms with Crippen LogP contribution in [0.3, 0.4) is 0 Å². The SMILES string of the molecule is CCOc1ccc(N2CC(C(C)(C)C)C2)cc1CO. The van der Waals surface area contributed by atoms with Crippen LogP contribution in [-0.2, 0) is 6.61 Å². The van der Waals surface area contributed by atoms with Crippen LogP contribution in [0.25, 0.3) is 0 Å². The summed E-state index contributed by atoms with van der Waals surface area (Å²) in [6, 6.07) is 6.10. The molecule has 0 amide bonds. The molecule has 0 radical (unpaired) electrons. The molecular weight excluding hydrogens is 238 g/mol. The third-order valence-corrected chi connectivity index (χ3v) is 3.99. The first-order valence-electron chi connectivity index (χ1n) is 7.07. The van der Waals surface area contributed by atoms with Gasteiger partial charge in [-0.2, -0.15) is 0 Å². The molecule has 3 nitrogen and oxygen atoms in total. The van der Waals surface area contributed by atoms with Gasteiger partial charge in [0.15, 0.2) is 0 Å². The number of benzene rings is 1. The number of anilines is 1. The molecule has 1 aliphatic heterocycles. The van der Waals surface area contributed by atoms with Crippen molar-refractivity contribution in [1.82, 2.24) is 0 Å². The third kappa shape index (κ3) is 3.03. The minimum Gasteiger partial charge on any atom is -0.494 e. The highest BCUT2D eigenvalue weighted by molar-refractivity contribution is 5.54. The average Bonchev–Trinajstić information content (AvgIpc) is 2.27. The summed E-state index contributed by atoms with van der Waals surface area (Å²) < 4.78 is 5.51. The Hall–Kier alpha value is -1.22. The van der Waals surface area contributed by atoms with E-state index in [0.717, 1.165) is 30.3 Å². The second-order valence-electron chi connectivity index (χ2n) is 6.35. The molecule has 1 fully saturated rings. The first kappa shape index (κ1) is 14.2. The fourth-order valence-electron chi connectivity index (χ4n) is 2.42. The Morgan fingerprint density at radius 2 is 2.00 bits per heavy atom. The average molecular weight is 263 g/mol. The van der Waals surface area contributed by atoms with Crippen molar-refractivity contribution in [3.63, 3.8) is 0 Å². The van der Waals surface area contributed by atoms with Gasteiger partial charge in [0.2, 0.25) is 0 Å². The molecular formula is C16H25NO2. The maximum Gasteiger partial charge on any atom is 0.124 e. The number of aliphatic hydroxyl groups is 1. The van der Waals surface area contributed by atoms with Gasteiger partial charge in [0, 0.05) is 24.3 Å². The van der Waals surface area contributed by atoms with E-state index in [0.29, 0.717) is 12.0 Å². The van der Waals surface area contributed by atoms with E-state index < -0.39 is 0 Å². The van der Waals surface area contributed by atoms with Crippen molar-refractivity contribution in [3.05, 3.63) is 23.8 Å². The molecule has 1 aromatic rings. The largest absolute Gasteiger partial charge is 0.494 e. The predicted octanol–water partition coefficient (Wildman–Crippen LogP) is 3.06. The summed E-state index contributed by atoms with van der Waals surface area (Å²) >= 11 is 0. The summed E-state index contributed by atoms with van der Waals surface area (Å²) in [5.74, 6) is 1.54. The Morgan fingerprint density at radius 3 is 2.53 bits per heavy atom. The van der Waals surface area contributed by atoms with Gasteiger partial charge in [-0.05, 0) is 36.5 Å². The molecule has 1 N–H and O–H groups in total. The Bertz CT molecular complexity index is 431. The summed E-state index contributed by atoms with van der Waals surface area (Å²) in [4.78, 5) is 2.37. The molecule has 0 unspecified atom stereocenters. The zero-order valence-electron chi connectivity index (χ0n) is 12.4. The fraction of sp³-hybridized carbons (Fsp3) is 0.625. The van der Waals surface area contributed by atoms with Gasteiger partial charge in [0.05, 0.1) is 13.2 Å². The van der Waals surface area contributed by atoms with Crippen LogP contribution < -0.4 is 9.64 Å². The number of hydrogen-bond acceptors (Lipinski definition) is 3. The van der Waals surface area contributed by atoms with Gasteiger partial charge in [0.25, 0.3) is 0 Å². The first-order valence-corrected chi connectivity index (χ1v) is 7.07. The lowest BCUT2D eigenvalue weighted by Gasteiger charge is -2.47. The molecule has 19 heavy (non-hydrogen) atoms. The number of ether oxygens (including phenoxy) is 1. The normalized spacial score (nSPS) is 16.4. The van der Waals surface area contributed by atoms with Gasteiger partial charge in [-0.3, -0.25) is 0 Å². The highest BCUT2D eigenvalue weighted by atomic mass is 16.5. The van der Waals surface area contributed by atoms with E-state index in [1.54, 1.807) is 0 Å². The zero-order valence-corrected chi connectivity index (χ0v) is 12.4. The van der Waals surface area contributed by atoms with E-state index >= 15 is 0 Å². The summed E-state index contributed by atoms with van der Waals surface area (Å²) in [6.07, 6.45) is 0. The van der Waals surface area contributed by atoms with Crippen LogP contribution in [0.4, 0.5) is 5.69 Å². The molecule has 0 spiro atoms. The van der Waals surface area contributed by atoms with Gasteiger partial charge < -0.3 is 14.7 Å². The quantitative estimate of drug-likeness (QED) is 0.906. The van der Waals surface area contributed by atoms with E-state index in [1.165, 1.54) is 5.69 Å². The van der Waals surface area contributed by atoms with Crippen LogP contribution in [-0.4, -0.2) is 24.8 Å². The molecule has 0 aliphatic carbocycles. The van der Waals surface area contributed by atoms with Crippen molar-refractivity contribution in [2.45, 2.75) is 34.3 Å². The zero-order chi connectivity index (χ0) is 14.0. The van der Waals surface area contributed by atoms with Crippen LogP contribution in [0.2, 0.25) is 0 Å². The molecule has 3 heteroatoms. The standard InChI is InChI=1S/C16H25NO2/c1-5-19-15-7-6-14(8-12(15)11-18)17-9-13(10-17)16(2,3)4/h6-8,13,18H,5,9-11H2,1-4H3. The third-order valence-electron chi connectivity index (χ3n) is 3.99. The lowest BCUT2D eigenvalue weighted by atomic mass is 9.76. The predicted molar refractivity (Wildman–Crippen MR) is 78.7 cm³/mol. The number of nitrogens with zero attached hydrogens (tertiary/aromatic N) is 1. The molecule has 0 aromatic heterocycles. The molecule has 0 bridgehead atoms. The highest BCUT2D eigenvalue weighted by Crippen LogP contribution is 2.37. The van der Waals surface area contributed by atoms with Gasteiger partial charge in [0.1, 0.15) is 5.75 Å². The molecule has 1 heterocycles. The van der Waals surface area contributed by atoms with Crippen LogP contribution >= 0.6 is 0 Å². The van der Waals surface area contributed by atoms with E-state index in [4.69, 9.17) is 4.74 Å². The van der Waals surface area contributed by atoms with E-state index in [2.05, 4.69) is 31.7 Å². The summed E-state index contributed by atoms with van der Waals surface area (Å²) in [7, 11) is 0. The maximum atomic E-state index is 9.42. The van der Waals surface area contributed by atoms with Crippen molar-refractivity contribution in [3.8, 4) is 5.75 Å². The second-order valence-corrected chi connectivity index (χ2v) is 6.35. The van der Waals surface area contributed by atoms with Gasteiger partial charge in [-0.1, -0.05) is 20.8 Å². The molecule has 1 saturated heterocycles. The van der Waals surface area contributed by atoms with Crippen molar-refractivity contribution in [2.75, 3.05) is 24.6 Å². The highest BCUT2D eigenvalue weighted by Gasteiger charge is 2.35. The number of rotatable bonds is 4. The van der Waals surface area contributed by atoms with Crippen molar-refractivity contribution >= 4 is 5.69 Å². The van der Waals surface area contributed by atoms with Gasteiger partial charge in [-0.15, -0.1) is 0 Å². The topological polar surface area (TPSA) is 32.7 Å². The molecule has 0 saturated carbocycles. The minimum absolute atomic E-state index is 0.0275. The lowest BCUT2D eigenvalue weighted by molar-refractivity contribution is 0.195. The smallest absolute Gasteiger partial charge is 0.124 e. The first-order chi connectivity index (χ1) is 8.95. The van der Waals surface area contributed by atoms with Crippen LogP contribution in [0.15, 0.2) is 18.2 Å². The van der Waals surface area contributed by atoms with Crippen LogP contribution in [0.5, 0.6) is 5.75 Å². The van der Waals surface area contributed by atoms with Crippen LogP contribution in [0, 0.1) is 11.3 Å². The minimum atomic E-state index is 0.0275. The Labute approximate surface area is 116 Å². The lowest BCUT2D eigenvalue weighted by Crippen LogP contribution is -2.52. The molecule has 1 aromatic carbocycles. The second kappa shape index (κ2) is 5.41. The molecule has 106 valence electrons. The van der Waals surface area contributed by atoms with Crippen LogP contribution in [0.1, 0.15) is 33.3 Å². The molecule has 0 atom stereocenters. The van der Waals surface area contributed by atoms with Crippen molar-refractivity contribution in [2.24, 2.45) is 11.3 Å². The Balaban J connectivity index is 2.07. The fourth-order valence-corrected chi connectivity index (χ4v) is 2.42. The summed E-state index contributed by atoms with van der Waals surface area (Å²) in [5.41, 5.74) is 2.44. The van der Waals surface area contributed by atoms with Gasteiger partial charge >= 0.3 is 0 Å². The maximum absolute atomic E-state index is 9.42. The van der Waals surface area contributed by atoms with E-state index in [9.17, 15) is 5.11 Å². The Kier molecular flexibility index (Phi) is 4.04. The molecule has 1 aliphatic rings. The van der Waals surface area contributed by atoms with Crippen molar-refractivity contribution < 1.29 is 9.84 Å². The number of hydrogen-bond donors (Lipinski definition) is 1. The summed E-state index contributed by atoms with van der Waals surface area (Å²) in [6.45, 7) is 11.7. The number of aliphatic hydroxyl groups excluding tert-OH is 1. The van der Waals surface area contributed by atoms with Crippen molar-refractivity contribution in [1.29, 1.82) is 0 Å². The summed E-state index contributed by atoms with van der Waals surface area (Å²) in [5, 5.41) is 9.42. The van der Waals surface area contributed by atoms with E-state index in [1.807, 2.05) is 19.1 Å². The molecule has 2 rings (SSSR count). The van der Waals surface area contributed by atoms with Gasteiger partial charge in [-0.25, -0.2) is 0 Å². The Morgan fingerprint density at radius 1 is 1.32 bits per heavy atom.